The van der Waals surface area contributed by atoms with Gasteiger partial charge in [0.15, 0.2) is 0 Å². The van der Waals surface area contributed by atoms with Crippen LogP contribution in [0.5, 0.6) is 0 Å². The molecule has 0 spiro atoms. The molecule has 0 amide bonds. The fourth-order valence-corrected chi connectivity index (χ4v) is 9.34. The third-order valence-electron chi connectivity index (χ3n) is 7.72. The first-order valence-electron chi connectivity index (χ1n) is 13.9. The number of hydrogen-bond donors (Lipinski definition) is 2. The summed E-state index contributed by atoms with van der Waals surface area (Å²) < 4.78 is 2.50. The fourth-order valence-electron chi connectivity index (χ4n) is 5.33. The van der Waals surface area contributed by atoms with Crippen LogP contribution in [0.1, 0.15) is 125 Å². The van der Waals surface area contributed by atoms with Gasteiger partial charge in [-0.05, 0) is 104 Å². The molecule has 2 aromatic heterocycles. The lowest BCUT2D eigenvalue weighted by atomic mass is 9.86. The van der Waals surface area contributed by atoms with E-state index in [1.54, 1.807) is 0 Å². The molecule has 1 aliphatic carbocycles. The van der Waals surface area contributed by atoms with E-state index in [0.717, 1.165) is 11.1 Å². The Labute approximate surface area is 244 Å². The predicted molar refractivity (Wildman–Crippen MR) is 170 cm³/mol. The number of unbranched alkanes of at least 4 members (excludes halogenated alkanes) is 4. The molecule has 1 aliphatic rings. The van der Waals surface area contributed by atoms with Gasteiger partial charge in [-0.1, -0.05) is 78.4 Å². The lowest BCUT2D eigenvalue weighted by Gasteiger charge is -2.27. The Balaban J connectivity index is 1.85. The van der Waals surface area contributed by atoms with Crippen LogP contribution in [0.3, 0.4) is 0 Å². The number of rotatable bonds is 14. The van der Waals surface area contributed by atoms with E-state index >= 15 is 0 Å². The Bertz CT molecular complexity index is 954. The summed E-state index contributed by atoms with van der Waals surface area (Å²) in [6.45, 7) is 9.15. The predicted octanol–water partition coefficient (Wildman–Crippen LogP) is 10.6. The summed E-state index contributed by atoms with van der Waals surface area (Å²) in [5.41, 5.74) is 18.8. The standard InChI is InChI=1S/C30H44Br2N2S2/c1-5-9-11-13-19(7-3)23-17-25(35-29(23)31)21-15-16-22(28(34)27(21)33)26-18-24(30(32)36-26)20(8-4)14-12-10-6-2/h15-20,27-28H,5-14,33-34H2,1-4H3. The van der Waals surface area contributed by atoms with Crippen molar-refractivity contribution in [2.45, 2.75) is 116 Å². The molecule has 2 heterocycles. The first-order chi connectivity index (χ1) is 17.4. The summed E-state index contributed by atoms with van der Waals surface area (Å²) in [7, 11) is 0. The van der Waals surface area contributed by atoms with Crippen molar-refractivity contribution in [3.05, 3.63) is 52.7 Å². The smallest absolute Gasteiger partial charge is 0.0739 e. The molecule has 0 aromatic carbocycles. The highest BCUT2D eigenvalue weighted by molar-refractivity contribution is 9.11. The zero-order chi connectivity index (χ0) is 26.2. The second-order valence-corrected chi connectivity index (χ2v) is 14.9. The summed E-state index contributed by atoms with van der Waals surface area (Å²) in [6.07, 6.45) is 17.0. The van der Waals surface area contributed by atoms with Gasteiger partial charge in [-0.15, -0.1) is 22.7 Å². The minimum Gasteiger partial charge on any atom is -0.322 e. The molecule has 0 radical (unpaired) electrons. The van der Waals surface area contributed by atoms with Crippen molar-refractivity contribution in [3.63, 3.8) is 0 Å². The molecule has 0 saturated heterocycles. The van der Waals surface area contributed by atoms with Gasteiger partial charge in [0.05, 0.1) is 19.7 Å². The van der Waals surface area contributed by atoms with Crippen molar-refractivity contribution in [1.82, 2.24) is 0 Å². The van der Waals surface area contributed by atoms with Crippen molar-refractivity contribution >= 4 is 65.7 Å². The molecule has 6 heteroatoms. The van der Waals surface area contributed by atoms with E-state index in [4.69, 9.17) is 11.5 Å². The molecule has 4 N–H and O–H groups in total. The molecule has 36 heavy (non-hydrogen) atoms. The zero-order valence-electron chi connectivity index (χ0n) is 22.4. The van der Waals surface area contributed by atoms with Gasteiger partial charge in [0.1, 0.15) is 0 Å². The van der Waals surface area contributed by atoms with E-state index in [9.17, 15) is 0 Å². The van der Waals surface area contributed by atoms with Crippen LogP contribution in [0.15, 0.2) is 31.9 Å². The molecule has 0 bridgehead atoms. The number of thiophene rings is 2. The van der Waals surface area contributed by atoms with Crippen LogP contribution in [-0.4, -0.2) is 12.1 Å². The van der Waals surface area contributed by atoms with Crippen molar-refractivity contribution in [2.75, 3.05) is 0 Å². The summed E-state index contributed by atoms with van der Waals surface area (Å²) in [4.78, 5) is 2.50. The van der Waals surface area contributed by atoms with E-state index in [2.05, 4.69) is 83.8 Å². The normalized spacial score (nSPS) is 19.8. The number of allylic oxidation sites excluding steroid dienone is 2. The topological polar surface area (TPSA) is 52.0 Å². The SMILES string of the molecule is CCCCCC(CC)c1cc(C2=CC=C(c3cc(C(CC)CCCCC)c(Br)s3)C(N)C2N)sc1Br. The van der Waals surface area contributed by atoms with Gasteiger partial charge in [-0.3, -0.25) is 0 Å². The highest BCUT2D eigenvalue weighted by Gasteiger charge is 2.30. The van der Waals surface area contributed by atoms with E-state index < -0.39 is 0 Å². The highest BCUT2D eigenvalue weighted by Crippen LogP contribution is 2.44. The van der Waals surface area contributed by atoms with Gasteiger partial charge in [-0.2, -0.15) is 0 Å². The van der Waals surface area contributed by atoms with Crippen LogP contribution in [0.4, 0.5) is 0 Å². The van der Waals surface area contributed by atoms with Gasteiger partial charge in [0.2, 0.25) is 0 Å². The molecule has 200 valence electrons. The van der Waals surface area contributed by atoms with Gasteiger partial charge in [-0.25, -0.2) is 0 Å². The van der Waals surface area contributed by atoms with Crippen LogP contribution in [0.25, 0.3) is 11.1 Å². The minimum atomic E-state index is -0.209. The lowest BCUT2D eigenvalue weighted by Crippen LogP contribution is -2.44. The van der Waals surface area contributed by atoms with Crippen LogP contribution in [-0.2, 0) is 0 Å². The van der Waals surface area contributed by atoms with Crippen molar-refractivity contribution in [2.24, 2.45) is 11.5 Å². The second kappa shape index (κ2) is 14.8. The summed E-state index contributed by atoms with van der Waals surface area (Å²) >= 11 is 11.4. The molecule has 0 aliphatic heterocycles. The van der Waals surface area contributed by atoms with E-state index in [1.807, 2.05) is 22.7 Å². The Morgan fingerprint density at radius 2 is 1.08 bits per heavy atom. The van der Waals surface area contributed by atoms with Crippen LogP contribution < -0.4 is 11.5 Å². The molecular weight excluding hydrogens is 612 g/mol. The Morgan fingerprint density at radius 3 is 1.42 bits per heavy atom. The van der Waals surface area contributed by atoms with E-state index in [1.165, 1.54) is 92.7 Å². The molecule has 4 unspecified atom stereocenters. The summed E-state index contributed by atoms with van der Waals surface area (Å²) in [5, 5.41) is 0. The average Bonchev–Trinajstić information content (AvgIpc) is 3.44. The van der Waals surface area contributed by atoms with Crippen molar-refractivity contribution in [3.8, 4) is 0 Å². The summed E-state index contributed by atoms with van der Waals surface area (Å²) in [5.74, 6) is 1.20. The summed E-state index contributed by atoms with van der Waals surface area (Å²) in [6, 6.07) is 4.32. The molecule has 0 fully saturated rings. The second-order valence-electron chi connectivity index (χ2n) is 10.2. The third-order valence-corrected chi connectivity index (χ3v) is 11.6. The minimum absolute atomic E-state index is 0.209. The van der Waals surface area contributed by atoms with Gasteiger partial charge >= 0.3 is 0 Å². The monoisotopic (exact) mass is 654 g/mol. The van der Waals surface area contributed by atoms with Gasteiger partial charge < -0.3 is 11.5 Å². The van der Waals surface area contributed by atoms with E-state index in [0.29, 0.717) is 11.8 Å². The van der Waals surface area contributed by atoms with Crippen molar-refractivity contribution in [1.29, 1.82) is 0 Å². The number of nitrogens with two attached hydrogens (primary N) is 2. The largest absolute Gasteiger partial charge is 0.322 e. The maximum absolute atomic E-state index is 6.81. The molecular formula is C30H44Br2N2S2. The van der Waals surface area contributed by atoms with Crippen LogP contribution >= 0.6 is 54.5 Å². The number of halogens is 2. The van der Waals surface area contributed by atoms with Gasteiger partial charge in [0, 0.05) is 9.75 Å². The Morgan fingerprint density at radius 1 is 0.694 bits per heavy atom. The van der Waals surface area contributed by atoms with Crippen molar-refractivity contribution < 1.29 is 0 Å². The van der Waals surface area contributed by atoms with Crippen LogP contribution in [0, 0.1) is 0 Å². The Hall–Kier alpha value is -0.240. The van der Waals surface area contributed by atoms with Crippen LogP contribution in [0.2, 0.25) is 0 Å². The Kier molecular flexibility index (Phi) is 12.4. The molecule has 2 nitrogen and oxygen atoms in total. The maximum atomic E-state index is 6.81. The number of hydrogen-bond acceptors (Lipinski definition) is 4. The fraction of sp³-hybridized carbons (Fsp3) is 0.600. The average molecular weight is 657 g/mol. The van der Waals surface area contributed by atoms with E-state index in [-0.39, 0.29) is 12.1 Å². The molecule has 4 atom stereocenters. The van der Waals surface area contributed by atoms with Gasteiger partial charge in [0.25, 0.3) is 0 Å². The third kappa shape index (κ3) is 7.24. The maximum Gasteiger partial charge on any atom is 0.0739 e. The first-order valence-corrected chi connectivity index (χ1v) is 17.1. The molecule has 0 saturated carbocycles. The molecule has 2 aromatic rings. The lowest BCUT2D eigenvalue weighted by molar-refractivity contribution is 0.553. The first kappa shape index (κ1) is 30.3. The quantitative estimate of drug-likeness (QED) is 0.199. The highest BCUT2D eigenvalue weighted by atomic mass is 79.9. The molecule has 3 rings (SSSR count). The zero-order valence-corrected chi connectivity index (χ0v) is 27.2.